The molecule has 0 amide bonds. The first-order valence-corrected chi connectivity index (χ1v) is 21.4. The van der Waals surface area contributed by atoms with Gasteiger partial charge in [0.05, 0.1) is 13.2 Å². The first kappa shape index (κ1) is 41.0. The first-order valence-electron chi connectivity index (χ1n) is 21.4. The van der Waals surface area contributed by atoms with Gasteiger partial charge in [-0.15, -0.1) is 0 Å². The fourth-order valence-electron chi connectivity index (χ4n) is 7.72. The normalized spacial score (nSPS) is 12.1. The van der Waals surface area contributed by atoms with E-state index in [0.717, 1.165) is 46.6 Å². The second-order valence-electron chi connectivity index (χ2n) is 15.2. The molecule has 0 heterocycles. The Kier molecular flexibility index (Phi) is 17.4. The molecule has 4 aromatic carbocycles. The Labute approximate surface area is 326 Å². The van der Waals surface area contributed by atoms with E-state index >= 15 is 0 Å². The molecule has 288 valence electrons. The lowest BCUT2D eigenvalue weighted by Gasteiger charge is -2.23. The van der Waals surface area contributed by atoms with Gasteiger partial charge in [-0.05, 0) is 59.4 Å². The van der Waals surface area contributed by atoms with Crippen LogP contribution in [0.1, 0.15) is 174 Å². The molecule has 4 nitrogen and oxygen atoms in total. The highest BCUT2D eigenvalue weighted by Gasteiger charge is 2.34. The van der Waals surface area contributed by atoms with Crippen LogP contribution in [0.15, 0.2) is 84.9 Å². The molecule has 0 atom stereocenters. The van der Waals surface area contributed by atoms with E-state index in [2.05, 4.69) is 13.8 Å². The summed E-state index contributed by atoms with van der Waals surface area (Å²) in [4.78, 5) is 28.3. The van der Waals surface area contributed by atoms with Gasteiger partial charge in [0.2, 0.25) is 0 Å². The second-order valence-corrected chi connectivity index (χ2v) is 15.2. The zero-order valence-electron chi connectivity index (χ0n) is 33.3. The minimum atomic E-state index is -0.116. The number of carbonyl (C=O) groups is 2. The summed E-state index contributed by atoms with van der Waals surface area (Å²) < 4.78 is 12.2. The molecule has 0 fully saturated rings. The molecule has 0 saturated heterocycles. The van der Waals surface area contributed by atoms with Crippen LogP contribution in [0.25, 0.3) is 22.3 Å². The van der Waals surface area contributed by atoms with Crippen molar-refractivity contribution in [2.45, 2.75) is 142 Å². The molecular weight excluding hydrogens is 665 g/mol. The van der Waals surface area contributed by atoms with Crippen LogP contribution in [-0.4, -0.2) is 24.8 Å². The van der Waals surface area contributed by atoms with Crippen LogP contribution >= 0.6 is 0 Å². The Morgan fingerprint density at radius 1 is 0.352 bits per heavy atom. The van der Waals surface area contributed by atoms with Crippen molar-refractivity contribution >= 4 is 11.6 Å². The Bertz CT molecular complexity index is 1590. The molecule has 5 rings (SSSR count). The van der Waals surface area contributed by atoms with Crippen molar-refractivity contribution in [2.24, 2.45) is 0 Å². The summed E-state index contributed by atoms with van der Waals surface area (Å²) >= 11 is 0. The van der Waals surface area contributed by atoms with Crippen LogP contribution in [0.3, 0.4) is 0 Å². The van der Waals surface area contributed by atoms with Crippen molar-refractivity contribution in [3.63, 3.8) is 0 Å². The molecule has 0 spiro atoms. The van der Waals surface area contributed by atoms with Crippen LogP contribution in [0.2, 0.25) is 0 Å². The van der Waals surface area contributed by atoms with Gasteiger partial charge in [-0.25, -0.2) is 0 Å². The molecule has 1 aliphatic carbocycles. The molecule has 54 heavy (non-hydrogen) atoms. The molecule has 0 aliphatic heterocycles. The minimum absolute atomic E-state index is 0.116. The molecule has 0 bridgehead atoms. The third-order valence-electron chi connectivity index (χ3n) is 10.9. The van der Waals surface area contributed by atoms with Crippen LogP contribution in [0, 0.1) is 0 Å². The van der Waals surface area contributed by atoms with Crippen LogP contribution in [-0.2, 0) is 0 Å². The lowest BCUT2D eigenvalue weighted by Crippen LogP contribution is -2.22. The Hall–Kier alpha value is -4.18. The van der Waals surface area contributed by atoms with Gasteiger partial charge < -0.3 is 9.47 Å². The molecule has 0 N–H and O–H groups in total. The van der Waals surface area contributed by atoms with Gasteiger partial charge in [0, 0.05) is 22.3 Å². The summed E-state index contributed by atoms with van der Waals surface area (Å²) in [6, 6.07) is 27.1. The number of hydrogen-bond donors (Lipinski definition) is 0. The number of unbranched alkanes of at least 4 members (excludes halogenated alkanes) is 18. The number of hydrogen-bond acceptors (Lipinski definition) is 4. The fourth-order valence-corrected chi connectivity index (χ4v) is 7.72. The predicted octanol–water partition coefficient (Wildman–Crippen LogP) is 14.4. The highest BCUT2D eigenvalue weighted by atomic mass is 16.5. The molecule has 0 saturated carbocycles. The monoisotopic (exact) mass is 728 g/mol. The van der Waals surface area contributed by atoms with E-state index in [1.54, 1.807) is 12.1 Å². The lowest BCUT2D eigenvalue weighted by molar-refractivity contribution is 0.0980. The van der Waals surface area contributed by atoms with Crippen LogP contribution < -0.4 is 9.47 Å². The SMILES string of the molecule is CCCCCCCCCCCCOc1ccc(-c2ccc(-c3ccc(OCCCCCCCCCCCC)cc3)c3c2C(=O)c2ccccc2C3=O)cc1. The number of rotatable bonds is 26. The van der Waals surface area contributed by atoms with E-state index in [-0.39, 0.29) is 11.6 Å². The van der Waals surface area contributed by atoms with Crippen molar-refractivity contribution in [3.8, 4) is 33.8 Å². The topological polar surface area (TPSA) is 52.6 Å². The van der Waals surface area contributed by atoms with E-state index in [4.69, 9.17) is 9.47 Å². The van der Waals surface area contributed by atoms with Gasteiger partial charge in [0.25, 0.3) is 0 Å². The second kappa shape index (κ2) is 22.9. The summed E-state index contributed by atoms with van der Waals surface area (Å²) in [7, 11) is 0. The maximum Gasteiger partial charge on any atom is 0.195 e. The number of fused-ring (bicyclic) bond motifs is 2. The summed E-state index contributed by atoms with van der Waals surface area (Å²) in [5.41, 5.74) is 5.16. The van der Waals surface area contributed by atoms with Crippen LogP contribution in [0.4, 0.5) is 0 Å². The maximum atomic E-state index is 14.2. The summed E-state index contributed by atoms with van der Waals surface area (Å²) in [6.45, 7) is 5.93. The molecule has 4 aromatic rings. The third kappa shape index (κ3) is 11.9. The van der Waals surface area contributed by atoms with E-state index in [1.807, 2.05) is 72.8 Å². The summed E-state index contributed by atoms with van der Waals surface area (Å²) in [5, 5.41) is 0. The number of ether oxygens (including phenoxy) is 2. The largest absolute Gasteiger partial charge is 0.494 e. The fraction of sp³-hybridized carbons (Fsp3) is 0.480. The van der Waals surface area contributed by atoms with Gasteiger partial charge in [-0.2, -0.15) is 0 Å². The standard InChI is InChI=1S/C50H64O4/c1-3-5-7-9-11-13-15-17-19-23-37-53-41-31-27-39(28-32-41)43-35-36-44(48-47(43)49(51)45-25-21-22-26-46(45)50(48)52)40-29-33-42(34-30-40)54-38-24-20-18-16-14-12-10-8-6-4-2/h21-22,25-36H,3-20,23-24,37-38H2,1-2H3. The van der Waals surface area contributed by atoms with Crippen molar-refractivity contribution in [3.05, 3.63) is 107 Å². The Morgan fingerprint density at radius 2 is 0.667 bits per heavy atom. The maximum absolute atomic E-state index is 14.2. The smallest absolute Gasteiger partial charge is 0.195 e. The van der Waals surface area contributed by atoms with Crippen molar-refractivity contribution in [1.82, 2.24) is 0 Å². The van der Waals surface area contributed by atoms with Crippen LogP contribution in [0.5, 0.6) is 11.5 Å². The van der Waals surface area contributed by atoms with E-state index < -0.39 is 0 Å². The quantitative estimate of drug-likeness (QED) is 0.0532. The van der Waals surface area contributed by atoms with Gasteiger partial charge in [0.15, 0.2) is 11.6 Å². The number of benzene rings is 4. The molecule has 0 aromatic heterocycles. The summed E-state index contributed by atoms with van der Waals surface area (Å²) in [5.74, 6) is 1.41. The highest BCUT2D eigenvalue weighted by Crippen LogP contribution is 2.40. The molecule has 0 unspecified atom stereocenters. The highest BCUT2D eigenvalue weighted by molar-refractivity contribution is 6.32. The minimum Gasteiger partial charge on any atom is -0.494 e. The molecule has 0 radical (unpaired) electrons. The first-order chi connectivity index (χ1) is 26.6. The van der Waals surface area contributed by atoms with E-state index in [1.165, 1.54) is 116 Å². The average Bonchev–Trinajstić information content (AvgIpc) is 3.21. The molecule has 1 aliphatic rings. The van der Waals surface area contributed by atoms with Crippen molar-refractivity contribution < 1.29 is 19.1 Å². The zero-order chi connectivity index (χ0) is 37.8. The van der Waals surface area contributed by atoms with Gasteiger partial charge in [0.1, 0.15) is 11.5 Å². The Morgan fingerprint density at radius 3 is 1.00 bits per heavy atom. The Balaban J connectivity index is 1.19. The van der Waals surface area contributed by atoms with Gasteiger partial charge >= 0.3 is 0 Å². The van der Waals surface area contributed by atoms with Crippen molar-refractivity contribution in [2.75, 3.05) is 13.2 Å². The third-order valence-corrected chi connectivity index (χ3v) is 10.9. The average molecular weight is 729 g/mol. The molecule has 4 heteroatoms. The number of carbonyl (C=O) groups excluding carboxylic acids is 2. The van der Waals surface area contributed by atoms with E-state index in [0.29, 0.717) is 35.5 Å². The van der Waals surface area contributed by atoms with Gasteiger partial charge in [-0.3, -0.25) is 9.59 Å². The zero-order valence-corrected chi connectivity index (χ0v) is 33.3. The predicted molar refractivity (Wildman–Crippen MR) is 225 cm³/mol. The summed E-state index contributed by atoms with van der Waals surface area (Å²) in [6.07, 6.45) is 25.9. The van der Waals surface area contributed by atoms with E-state index in [9.17, 15) is 9.59 Å². The van der Waals surface area contributed by atoms with Crippen molar-refractivity contribution in [1.29, 1.82) is 0 Å². The van der Waals surface area contributed by atoms with Gasteiger partial charge in [-0.1, -0.05) is 190 Å². The number of ketones is 2. The molecular formula is C50H64O4. The lowest BCUT2D eigenvalue weighted by atomic mass is 9.77.